The van der Waals surface area contributed by atoms with Crippen LogP contribution in [0.5, 0.6) is 11.6 Å². The lowest BCUT2D eigenvalue weighted by Crippen LogP contribution is -2.37. The van der Waals surface area contributed by atoms with Gasteiger partial charge in [0.15, 0.2) is 5.69 Å². The molecule has 1 N–H and O–H groups in total. The molecule has 1 saturated heterocycles. The topological polar surface area (TPSA) is 88.6 Å². The summed E-state index contributed by atoms with van der Waals surface area (Å²) in [6.45, 7) is 3.70. The van der Waals surface area contributed by atoms with Gasteiger partial charge in [-0.25, -0.2) is 0 Å². The minimum atomic E-state index is -0.543. The third kappa shape index (κ3) is 5.08. The van der Waals surface area contributed by atoms with Crippen LogP contribution in [0.3, 0.4) is 0 Å². The summed E-state index contributed by atoms with van der Waals surface area (Å²) >= 11 is 0. The predicted molar refractivity (Wildman–Crippen MR) is 132 cm³/mol. The van der Waals surface area contributed by atoms with Gasteiger partial charge in [0.2, 0.25) is 5.88 Å². The van der Waals surface area contributed by atoms with Gasteiger partial charge in [0.25, 0.3) is 5.91 Å². The first-order valence-corrected chi connectivity index (χ1v) is 11.5. The van der Waals surface area contributed by atoms with Crippen LogP contribution in [0.25, 0.3) is 10.9 Å². The molecule has 1 fully saturated rings. The summed E-state index contributed by atoms with van der Waals surface area (Å²) in [5.41, 5.74) is 2.40. The van der Waals surface area contributed by atoms with Crippen molar-refractivity contribution >= 4 is 22.5 Å². The molecule has 5 rings (SSSR count). The van der Waals surface area contributed by atoms with Gasteiger partial charge in [-0.15, -0.1) is 10.2 Å². The molecule has 4 aromatic rings. The Balaban J connectivity index is 1.39. The van der Waals surface area contributed by atoms with Crippen molar-refractivity contribution in [2.75, 3.05) is 26.3 Å². The molecular weight excluding hydrogens is 444 g/mol. The number of benzene rings is 3. The number of morpholine rings is 1. The summed E-state index contributed by atoms with van der Waals surface area (Å²) in [6, 6.07) is 24.2. The van der Waals surface area contributed by atoms with E-state index in [1.165, 1.54) is 0 Å². The van der Waals surface area contributed by atoms with Crippen molar-refractivity contribution in [1.82, 2.24) is 9.47 Å². The maximum absolute atomic E-state index is 13.0. The molecule has 1 aromatic heterocycles. The van der Waals surface area contributed by atoms with Gasteiger partial charge >= 0.3 is 0 Å². The summed E-state index contributed by atoms with van der Waals surface area (Å²) in [4.78, 5) is 15.2. The van der Waals surface area contributed by atoms with Crippen LogP contribution >= 0.6 is 0 Å². The fourth-order valence-electron chi connectivity index (χ4n) is 4.11. The molecule has 1 aliphatic heterocycles. The van der Waals surface area contributed by atoms with Gasteiger partial charge in [0.05, 0.1) is 31.0 Å². The minimum absolute atomic E-state index is 0.0251. The van der Waals surface area contributed by atoms with Gasteiger partial charge in [-0.2, -0.15) is 0 Å². The summed E-state index contributed by atoms with van der Waals surface area (Å²) in [5, 5.41) is 19.9. The van der Waals surface area contributed by atoms with Crippen molar-refractivity contribution in [2.24, 2.45) is 10.2 Å². The Labute approximate surface area is 203 Å². The highest BCUT2D eigenvalue weighted by Gasteiger charge is 2.20. The first-order chi connectivity index (χ1) is 17.2. The Morgan fingerprint density at radius 3 is 2.49 bits per heavy atom. The van der Waals surface area contributed by atoms with Crippen molar-refractivity contribution in [3.8, 4) is 11.6 Å². The quantitative estimate of drug-likeness (QED) is 0.378. The number of amides is 1. The van der Waals surface area contributed by atoms with Crippen LogP contribution in [0, 0.1) is 0 Å². The number of ether oxygens (including phenoxy) is 2. The van der Waals surface area contributed by atoms with Crippen LogP contribution in [0.2, 0.25) is 0 Å². The number of hydrogen-bond donors (Lipinski definition) is 1. The Hall–Kier alpha value is -4.01. The lowest BCUT2D eigenvalue weighted by Gasteiger charge is -2.27. The monoisotopic (exact) mass is 470 g/mol. The second-order valence-electron chi connectivity index (χ2n) is 8.26. The maximum Gasteiger partial charge on any atom is 0.299 e. The van der Waals surface area contributed by atoms with Crippen molar-refractivity contribution in [3.05, 3.63) is 90.0 Å². The normalized spacial score (nSPS) is 14.5. The second kappa shape index (κ2) is 10.5. The minimum Gasteiger partial charge on any atom is -0.493 e. The fraction of sp³-hybridized carbons (Fsp3) is 0.222. The van der Waals surface area contributed by atoms with Crippen LogP contribution in [0.15, 0.2) is 89.1 Å². The smallest absolute Gasteiger partial charge is 0.299 e. The highest BCUT2D eigenvalue weighted by atomic mass is 16.5. The maximum atomic E-state index is 13.0. The zero-order valence-electron chi connectivity index (χ0n) is 19.2. The van der Waals surface area contributed by atoms with E-state index in [0.717, 1.165) is 29.6 Å². The Morgan fingerprint density at radius 2 is 1.66 bits per heavy atom. The van der Waals surface area contributed by atoms with Crippen molar-refractivity contribution in [1.29, 1.82) is 0 Å². The third-order valence-electron chi connectivity index (χ3n) is 5.96. The third-order valence-corrected chi connectivity index (χ3v) is 5.96. The molecule has 0 saturated carbocycles. The van der Waals surface area contributed by atoms with E-state index in [9.17, 15) is 9.90 Å². The molecular formula is C27H26N4O4. The molecule has 178 valence electrons. The van der Waals surface area contributed by atoms with E-state index in [1.807, 2.05) is 54.6 Å². The molecule has 3 aromatic carbocycles. The second-order valence-corrected chi connectivity index (χ2v) is 8.26. The van der Waals surface area contributed by atoms with Gasteiger partial charge in [0.1, 0.15) is 12.4 Å². The zero-order valence-corrected chi connectivity index (χ0v) is 19.2. The van der Waals surface area contributed by atoms with E-state index in [-0.39, 0.29) is 11.6 Å². The van der Waals surface area contributed by atoms with E-state index in [4.69, 9.17) is 9.47 Å². The number of fused-ring (bicyclic) bond motifs is 1. The highest BCUT2D eigenvalue weighted by Crippen LogP contribution is 2.39. The molecule has 2 heterocycles. The van der Waals surface area contributed by atoms with Crippen molar-refractivity contribution in [2.45, 2.75) is 13.3 Å². The lowest BCUT2D eigenvalue weighted by atomic mass is 10.2. The summed E-state index contributed by atoms with van der Waals surface area (Å²) < 4.78 is 13.1. The molecule has 0 atom stereocenters. The number of aromatic nitrogens is 1. The lowest BCUT2D eigenvalue weighted by molar-refractivity contribution is 0.0231. The van der Waals surface area contributed by atoms with Crippen molar-refractivity contribution < 1.29 is 19.4 Å². The van der Waals surface area contributed by atoms with Crippen LogP contribution in [-0.2, 0) is 18.0 Å². The molecule has 35 heavy (non-hydrogen) atoms. The van der Waals surface area contributed by atoms with Gasteiger partial charge in [-0.05, 0) is 23.8 Å². The molecule has 0 spiro atoms. The fourth-order valence-corrected chi connectivity index (χ4v) is 4.11. The van der Waals surface area contributed by atoms with Crippen LogP contribution in [0.4, 0.5) is 5.69 Å². The first kappa shape index (κ1) is 22.8. The molecule has 1 aliphatic rings. The largest absolute Gasteiger partial charge is 0.493 e. The average molecular weight is 471 g/mol. The molecule has 8 nitrogen and oxygen atoms in total. The number of para-hydroxylation sites is 2. The Bertz CT molecular complexity index is 1340. The van der Waals surface area contributed by atoms with Crippen molar-refractivity contribution in [3.63, 3.8) is 0 Å². The predicted octanol–water partition coefficient (Wildman–Crippen LogP) is 5.14. The zero-order chi connectivity index (χ0) is 24.0. The van der Waals surface area contributed by atoms with Gasteiger partial charge in [0, 0.05) is 18.5 Å². The van der Waals surface area contributed by atoms with Crippen LogP contribution in [-0.4, -0.2) is 46.8 Å². The molecule has 8 heteroatoms. The SMILES string of the molecule is O=C(N=Nc1c(O)n(CN2CCOCC2)c2ccccc12)c1ccccc1OCc1ccccc1. The Morgan fingerprint density at radius 1 is 0.943 bits per heavy atom. The molecule has 1 amide bonds. The first-order valence-electron chi connectivity index (χ1n) is 11.5. The van der Waals surface area contributed by atoms with E-state index >= 15 is 0 Å². The molecule has 0 bridgehead atoms. The highest BCUT2D eigenvalue weighted by molar-refractivity contribution is 5.98. The van der Waals surface area contributed by atoms with E-state index in [2.05, 4.69) is 15.1 Å². The van der Waals surface area contributed by atoms with Crippen LogP contribution in [0.1, 0.15) is 15.9 Å². The molecule has 0 aliphatic carbocycles. The number of nitrogens with zero attached hydrogens (tertiary/aromatic N) is 4. The standard InChI is InChI=1S/C27H26N4O4/c32-26(22-11-5-7-13-24(22)35-18-20-8-2-1-3-9-20)29-28-25-21-10-4-6-12-23(21)31(27(25)33)19-30-14-16-34-17-15-30/h1-13,33H,14-19H2. The number of carbonyl (C=O) groups excluding carboxylic acids is 1. The Kier molecular flexibility index (Phi) is 6.83. The van der Waals surface area contributed by atoms with Crippen LogP contribution < -0.4 is 4.74 Å². The van der Waals surface area contributed by atoms with E-state index in [0.29, 0.717) is 37.8 Å². The summed E-state index contributed by atoms with van der Waals surface area (Å²) in [5.74, 6) is -0.139. The van der Waals surface area contributed by atoms with E-state index < -0.39 is 5.91 Å². The molecule has 0 radical (unpaired) electrons. The molecule has 0 unspecified atom stereocenters. The number of rotatable bonds is 7. The summed E-state index contributed by atoms with van der Waals surface area (Å²) in [6.07, 6.45) is 0. The number of aromatic hydroxyl groups is 1. The number of azo groups is 1. The number of hydrogen-bond acceptors (Lipinski definition) is 6. The average Bonchev–Trinajstić information content (AvgIpc) is 3.18. The van der Waals surface area contributed by atoms with Gasteiger partial charge in [-0.1, -0.05) is 60.7 Å². The van der Waals surface area contributed by atoms with E-state index in [1.54, 1.807) is 28.8 Å². The summed E-state index contributed by atoms with van der Waals surface area (Å²) in [7, 11) is 0. The number of carbonyl (C=O) groups is 1. The van der Waals surface area contributed by atoms with Gasteiger partial charge < -0.3 is 14.6 Å². The van der Waals surface area contributed by atoms with Gasteiger partial charge in [-0.3, -0.25) is 14.3 Å².